The molecule has 1 saturated heterocycles. The van der Waals surface area contributed by atoms with Crippen molar-refractivity contribution in [2.24, 2.45) is 11.8 Å². The molecule has 0 saturated carbocycles. The molecule has 0 amide bonds. The summed E-state index contributed by atoms with van der Waals surface area (Å²) in [5.74, 6) is -0.420. The average Bonchev–Trinajstić information content (AvgIpc) is 2.06. The molecule has 0 spiro atoms. The second kappa shape index (κ2) is 2.34. The topological polar surface area (TPSA) is 49.3 Å². The summed E-state index contributed by atoms with van der Waals surface area (Å²) in [6.45, 7) is 0.949. The first kappa shape index (κ1) is 6.85. The number of carboxylic acids is 1. The summed E-state index contributed by atoms with van der Waals surface area (Å²) >= 11 is 0. The number of piperidine rings is 1. The van der Waals surface area contributed by atoms with Crippen LogP contribution in [0, 0.1) is 11.8 Å². The number of rotatable bonds is 1. The number of nitrogens with one attached hydrogen (secondary N) is 1. The second-order valence-electron chi connectivity index (χ2n) is 3.26. The van der Waals surface area contributed by atoms with E-state index in [1.165, 1.54) is 0 Å². The Bertz CT molecular complexity index is 212. The Labute approximate surface area is 65.1 Å². The molecule has 3 rings (SSSR count). The third-order valence-corrected chi connectivity index (χ3v) is 2.51. The van der Waals surface area contributed by atoms with Crippen LogP contribution in [0.5, 0.6) is 0 Å². The van der Waals surface area contributed by atoms with Gasteiger partial charge >= 0.3 is 5.97 Å². The minimum atomic E-state index is -0.670. The van der Waals surface area contributed by atoms with Gasteiger partial charge in [0.05, 0.1) is 5.92 Å². The van der Waals surface area contributed by atoms with Crippen molar-refractivity contribution >= 4 is 5.97 Å². The smallest absolute Gasteiger partial charge is 0.308 e. The third-order valence-electron chi connectivity index (χ3n) is 2.51. The van der Waals surface area contributed by atoms with E-state index in [-0.39, 0.29) is 12.0 Å². The lowest BCUT2D eigenvalue weighted by molar-refractivity contribution is -0.143. The summed E-state index contributed by atoms with van der Waals surface area (Å²) in [4.78, 5) is 10.7. The van der Waals surface area contributed by atoms with Gasteiger partial charge in [-0.05, 0) is 12.3 Å². The minimum absolute atomic E-state index is 0.0810. The van der Waals surface area contributed by atoms with Gasteiger partial charge in [0.2, 0.25) is 0 Å². The van der Waals surface area contributed by atoms with Crippen molar-refractivity contribution in [2.45, 2.75) is 12.5 Å². The molecule has 2 bridgehead atoms. The zero-order valence-electron chi connectivity index (χ0n) is 6.16. The monoisotopic (exact) mass is 153 g/mol. The van der Waals surface area contributed by atoms with Gasteiger partial charge in [-0.25, -0.2) is 0 Å². The molecule has 0 aromatic carbocycles. The number of hydrogen-bond donors (Lipinski definition) is 2. The van der Waals surface area contributed by atoms with Crippen LogP contribution in [0.2, 0.25) is 0 Å². The molecule has 1 fully saturated rings. The number of carboxylic acid groups (broad SMARTS) is 1. The minimum Gasteiger partial charge on any atom is -0.481 e. The molecular formula is C8H11NO2. The molecule has 11 heavy (non-hydrogen) atoms. The molecule has 0 aromatic heterocycles. The predicted octanol–water partition coefficient (Wildman–Crippen LogP) is 0.235. The van der Waals surface area contributed by atoms with Gasteiger partial charge in [0.1, 0.15) is 0 Å². The first-order chi connectivity index (χ1) is 5.27. The summed E-state index contributed by atoms with van der Waals surface area (Å²) in [5.41, 5.74) is 0. The van der Waals surface area contributed by atoms with Gasteiger partial charge in [-0.2, -0.15) is 0 Å². The van der Waals surface area contributed by atoms with Crippen molar-refractivity contribution in [3.05, 3.63) is 12.2 Å². The van der Waals surface area contributed by atoms with E-state index in [4.69, 9.17) is 5.11 Å². The fourth-order valence-corrected chi connectivity index (χ4v) is 1.87. The van der Waals surface area contributed by atoms with Crippen LogP contribution in [0.1, 0.15) is 6.42 Å². The first-order valence-electron chi connectivity index (χ1n) is 3.92. The Morgan fingerprint density at radius 1 is 1.55 bits per heavy atom. The van der Waals surface area contributed by atoms with Gasteiger partial charge in [0, 0.05) is 12.6 Å². The number of aliphatic carboxylic acids is 1. The average molecular weight is 153 g/mol. The van der Waals surface area contributed by atoms with Crippen molar-refractivity contribution < 1.29 is 9.90 Å². The zero-order chi connectivity index (χ0) is 7.84. The fraction of sp³-hybridized carbons (Fsp3) is 0.625. The number of fused-ring (bicyclic) bond motifs is 2. The largest absolute Gasteiger partial charge is 0.481 e. The van der Waals surface area contributed by atoms with Crippen molar-refractivity contribution in [1.29, 1.82) is 0 Å². The molecule has 2 N–H and O–H groups in total. The predicted molar refractivity (Wildman–Crippen MR) is 40.2 cm³/mol. The van der Waals surface area contributed by atoms with Gasteiger partial charge in [0.15, 0.2) is 0 Å². The summed E-state index contributed by atoms with van der Waals surface area (Å²) < 4.78 is 0. The molecule has 3 nitrogen and oxygen atoms in total. The van der Waals surface area contributed by atoms with Crippen LogP contribution in [0.15, 0.2) is 12.2 Å². The molecule has 3 atom stereocenters. The Morgan fingerprint density at radius 2 is 2.36 bits per heavy atom. The SMILES string of the molecule is O=C(O)[C@@H]1C[C@H]2C=C[C@H]1NC2. The molecule has 2 heterocycles. The Balaban J connectivity index is 2.17. The van der Waals surface area contributed by atoms with Crippen LogP contribution in [0.4, 0.5) is 0 Å². The Morgan fingerprint density at radius 3 is 2.64 bits per heavy atom. The summed E-state index contributed by atoms with van der Waals surface area (Å²) in [5, 5.41) is 12.0. The molecule has 3 aliphatic rings. The molecule has 0 radical (unpaired) electrons. The lowest BCUT2D eigenvalue weighted by Gasteiger charge is -2.36. The molecule has 0 aromatic rings. The maximum absolute atomic E-state index is 10.7. The lowest BCUT2D eigenvalue weighted by atomic mass is 9.79. The van der Waals surface area contributed by atoms with Crippen LogP contribution in [-0.2, 0) is 4.79 Å². The molecule has 1 aliphatic carbocycles. The van der Waals surface area contributed by atoms with E-state index in [1.807, 2.05) is 6.08 Å². The van der Waals surface area contributed by atoms with Crippen LogP contribution in [0.3, 0.4) is 0 Å². The van der Waals surface area contributed by atoms with Crippen LogP contribution in [-0.4, -0.2) is 23.7 Å². The van der Waals surface area contributed by atoms with Crippen molar-refractivity contribution in [2.75, 3.05) is 6.54 Å². The summed E-state index contributed by atoms with van der Waals surface area (Å²) in [6, 6.07) is 0.0810. The van der Waals surface area contributed by atoms with Crippen LogP contribution in [0.25, 0.3) is 0 Å². The Hall–Kier alpha value is -0.830. The standard InChI is InChI=1S/C8H11NO2/c10-8(11)6-3-5-1-2-7(6)9-4-5/h1-2,5-7,9H,3-4H2,(H,10,11)/t5-,6-,7-/m1/s1. The molecule has 3 heteroatoms. The highest BCUT2D eigenvalue weighted by Crippen LogP contribution is 2.28. The van der Waals surface area contributed by atoms with Gasteiger partial charge in [-0.3, -0.25) is 4.79 Å². The number of hydrogen-bond acceptors (Lipinski definition) is 2. The van der Waals surface area contributed by atoms with E-state index < -0.39 is 5.97 Å². The van der Waals surface area contributed by atoms with Crippen LogP contribution < -0.4 is 5.32 Å². The molecule has 2 aliphatic heterocycles. The first-order valence-corrected chi connectivity index (χ1v) is 3.92. The maximum atomic E-state index is 10.7. The number of carbonyl (C=O) groups is 1. The maximum Gasteiger partial charge on any atom is 0.308 e. The quantitative estimate of drug-likeness (QED) is 0.530. The summed E-state index contributed by atoms with van der Waals surface area (Å²) in [6.07, 6.45) is 4.92. The molecule has 0 unspecified atom stereocenters. The fourth-order valence-electron chi connectivity index (χ4n) is 1.87. The highest BCUT2D eigenvalue weighted by Gasteiger charge is 2.35. The van der Waals surface area contributed by atoms with Gasteiger partial charge < -0.3 is 10.4 Å². The Kier molecular flexibility index (Phi) is 1.46. The molecular weight excluding hydrogens is 142 g/mol. The highest BCUT2D eigenvalue weighted by atomic mass is 16.4. The lowest BCUT2D eigenvalue weighted by Crippen LogP contribution is -2.49. The second-order valence-corrected chi connectivity index (χ2v) is 3.26. The van der Waals surface area contributed by atoms with Crippen molar-refractivity contribution in [3.63, 3.8) is 0 Å². The molecule has 60 valence electrons. The normalized spacial score (nSPS) is 40.9. The zero-order valence-corrected chi connectivity index (χ0v) is 6.16. The highest BCUT2D eigenvalue weighted by molar-refractivity contribution is 5.72. The third kappa shape index (κ3) is 1.05. The van der Waals surface area contributed by atoms with E-state index in [0.29, 0.717) is 5.92 Å². The van der Waals surface area contributed by atoms with E-state index in [9.17, 15) is 4.79 Å². The van der Waals surface area contributed by atoms with E-state index >= 15 is 0 Å². The van der Waals surface area contributed by atoms with Gasteiger partial charge in [-0.1, -0.05) is 12.2 Å². The van der Waals surface area contributed by atoms with Crippen LogP contribution >= 0.6 is 0 Å². The van der Waals surface area contributed by atoms with E-state index in [1.54, 1.807) is 0 Å². The van der Waals surface area contributed by atoms with Gasteiger partial charge in [-0.15, -0.1) is 0 Å². The van der Waals surface area contributed by atoms with Crippen molar-refractivity contribution in [3.8, 4) is 0 Å². The van der Waals surface area contributed by atoms with Crippen molar-refractivity contribution in [1.82, 2.24) is 5.32 Å². The van der Waals surface area contributed by atoms with Gasteiger partial charge in [0.25, 0.3) is 0 Å². The van der Waals surface area contributed by atoms with E-state index in [0.717, 1.165) is 13.0 Å². The summed E-state index contributed by atoms with van der Waals surface area (Å²) in [7, 11) is 0. The van der Waals surface area contributed by atoms with E-state index in [2.05, 4.69) is 11.4 Å².